The molecule has 0 heterocycles. The SMILES string of the molecule is CC(C)C[C@H](N)[C@@H](O)CC(S)CCc1ccccc1. The fourth-order valence-corrected chi connectivity index (χ4v) is 2.60. The van der Waals surface area contributed by atoms with E-state index in [4.69, 9.17) is 5.73 Å². The lowest BCUT2D eigenvalue weighted by atomic mass is 9.96. The van der Waals surface area contributed by atoms with Crippen LogP contribution in [-0.2, 0) is 6.42 Å². The molecule has 1 rings (SSSR count). The number of benzene rings is 1. The molecule has 0 radical (unpaired) electrons. The fourth-order valence-electron chi connectivity index (χ4n) is 2.25. The van der Waals surface area contributed by atoms with Gasteiger partial charge in [0, 0.05) is 11.3 Å². The summed E-state index contributed by atoms with van der Waals surface area (Å²) in [7, 11) is 0. The Morgan fingerprint density at radius 3 is 2.37 bits per heavy atom. The van der Waals surface area contributed by atoms with Gasteiger partial charge < -0.3 is 10.8 Å². The van der Waals surface area contributed by atoms with Crippen molar-refractivity contribution < 1.29 is 5.11 Å². The first-order chi connectivity index (χ1) is 8.99. The van der Waals surface area contributed by atoms with Crippen LogP contribution in [0.3, 0.4) is 0 Å². The van der Waals surface area contributed by atoms with E-state index in [0.717, 1.165) is 19.3 Å². The summed E-state index contributed by atoms with van der Waals surface area (Å²) in [5, 5.41) is 10.3. The van der Waals surface area contributed by atoms with Crippen molar-refractivity contribution in [1.29, 1.82) is 0 Å². The van der Waals surface area contributed by atoms with Crippen molar-refractivity contribution in [3.05, 3.63) is 35.9 Å². The molecular weight excluding hydrogens is 254 g/mol. The van der Waals surface area contributed by atoms with Gasteiger partial charge in [0.05, 0.1) is 6.10 Å². The summed E-state index contributed by atoms with van der Waals surface area (Å²) in [6.07, 6.45) is 3.06. The molecule has 0 aliphatic carbocycles. The third kappa shape index (κ3) is 7.00. The predicted octanol–water partition coefficient (Wildman–Crippen LogP) is 3.04. The van der Waals surface area contributed by atoms with Crippen LogP contribution in [0.5, 0.6) is 0 Å². The topological polar surface area (TPSA) is 46.2 Å². The molecule has 19 heavy (non-hydrogen) atoms. The number of rotatable bonds is 8. The van der Waals surface area contributed by atoms with Crippen LogP contribution in [0.15, 0.2) is 30.3 Å². The minimum atomic E-state index is -0.444. The van der Waals surface area contributed by atoms with Gasteiger partial charge in [0.2, 0.25) is 0 Å². The standard InChI is InChI=1S/C16H27NOS/c1-12(2)10-15(17)16(18)11-14(19)9-8-13-6-4-3-5-7-13/h3-7,12,14-16,18-19H,8-11,17H2,1-2H3/t14?,15-,16-/m0/s1. The van der Waals surface area contributed by atoms with Gasteiger partial charge in [0.15, 0.2) is 0 Å². The van der Waals surface area contributed by atoms with Gasteiger partial charge in [-0.3, -0.25) is 0 Å². The van der Waals surface area contributed by atoms with Crippen molar-refractivity contribution in [3.63, 3.8) is 0 Å². The minimum Gasteiger partial charge on any atom is -0.391 e. The number of aryl methyl sites for hydroxylation is 1. The monoisotopic (exact) mass is 281 g/mol. The van der Waals surface area contributed by atoms with E-state index in [0.29, 0.717) is 12.3 Å². The van der Waals surface area contributed by atoms with E-state index in [1.165, 1.54) is 5.56 Å². The van der Waals surface area contributed by atoms with Crippen LogP contribution in [-0.4, -0.2) is 22.5 Å². The Kier molecular flexibility index (Phi) is 7.51. The summed E-state index contributed by atoms with van der Waals surface area (Å²) >= 11 is 4.57. The first-order valence-corrected chi connectivity index (χ1v) is 7.66. The largest absolute Gasteiger partial charge is 0.391 e. The Labute approximate surface area is 122 Å². The second-order valence-corrected chi connectivity index (χ2v) is 6.50. The molecule has 0 saturated heterocycles. The van der Waals surface area contributed by atoms with Gasteiger partial charge in [-0.1, -0.05) is 44.2 Å². The smallest absolute Gasteiger partial charge is 0.0701 e. The van der Waals surface area contributed by atoms with Gasteiger partial charge in [0.25, 0.3) is 0 Å². The van der Waals surface area contributed by atoms with E-state index < -0.39 is 6.10 Å². The molecule has 1 aromatic carbocycles. The van der Waals surface area contributed by atoms with Gasteiger partial charge >= 0.3 is 0 Å². The van der Waals surface area contributed by atoms with Gasteiger partial charge in [0.1, 0.15) is 0 Å². The molecule has 0 aliphatic heterocycles. The lowest BCUT2D eigenvalue weighted by molar-refractivity contribution is 0.124. The molecule has 3 N–H and O–H groups in total. The van der Waals surface area contributed by atoms with Gasteiger partial charge in [-0.15, -0.1) is 0 Å². The van der Waals surface area contributed by atoms with Crippen molar-refractivity contribution >= 4 is 12.6 Å². The fraction of sp³-hybridized carbons (Fsp3) is 0.625. The highest BCUT2D eigenvalue weighted by molar-refractivity contribution is 7.80. The quantitative estimate of drug-likeness (QED) is 0.641. The summed E-state index contributed by atoms with van der Waals surface area (Å²) in [6, 6.07) is 10.2. The van der Waals surface area contributed by atoms with Crippen LogP contribution in [0.1, 0.15) is 38.7 Å². The normalized spacial score (nSPS) is 16.3. The second-order valence-electron chi connectivity index (χ2n) is 5.77. The van der Waals surface area contributed by atoms with E-state index in [2.05, 4.69) is 50.7 Å². The van der Waals surface area contributed by atoms with Gasteiger partial charge in [-0.05, 0) is 37.2 Å². The zero-order valence-electron chi connectivity index (χ0n) is 12.0. The molecule has 0 bridgehead atoms. The average molecular weight is 281 g/mol. The van der Waals surface area contributed by atoms with E-state index in [1.807, 2.05) is 6.07 Å². The molecule has 0 amide bonds. The van der Waals surface area contributed by atoms with Crippen LogP contribution < -0.4 is 5.73 Å². The molecule has 0 aromatic heterocycles. The van der Waals surface area contributed by atoms with Gasteiger partial charge in [-0.2, -0.15) is 12.6 Å². The lowest BCUT2D eigenvalue weighted by Gasteiger charge is -2.23. The van der Waals surface area contributed by atoms with Crippen molar-refractivity contribution in [2.24, 2.45) is 11.7 Å². The number of nitrogens with two attached hydrogens (primary N) is 1. The van der Waals surface area contributed by atoms with Crippen molar-refractivity contribution in [1.82, 2.24) is 0 Å². The Morgan fingerprint density at radius 2 is 1.79 bits per heavy atom. The summed E-state index contributed by atoms with van der Waals surface area (Å²) in [5.74, 6) is 0.521. The molecule has 3 heteroatoms. The van der Waals surface area contributed by atoms with E-state index in [1.54, 1.807) is 0 Å². The third-order valence-electron chi connectivity index (χ3n) is 3.36. The van der Waals surface area contributed by atoms with Crippen LogP contribution in [0.4, 0.5) is 0 Å². The highest BCUT2D eigenvalue weighted by atomic mass is 32.1. The highest BCUT2D eigenvalue weighted by Crippen LogP contribution is 2.17. The highest BCUT2D eigenvalue weighted by Gasteiger charge is 2.19. The maximum Gasteiger partial charge on any atom is 0.0701 e. The molecule has 0 saturated carbocycles. The minimum absolute atomic E-state index is 0.133. The van der Waals surface area contributed by atoms with Crippen LogP contribution in [0.25, 0.3) is 0 Å². The van der Waals surface area contributed by atoms with Crippen LogP contribution in [0, 0.1) is 5.92 Å². The summed E-state index contributed by atoms with van der Waals surface area (Å²) < 4.78 is 0. The zero-order chi connectivity index (χ0) is 14.3. The number of aliphatic hydroxyl groups is 1. The predicted molar refractivity (Wildman–Crippen MR) is 85.6 cm³/mol. The Balaban J connectivity index is 2.28. The van der Waals surface area contributed by atoms with E-state index >= 15 is 0 Å². The summed E-state index contributed by atoms with van der Waals surface area (Å²) in [6.45, 7) is 4.25. The first-order valence-electron chi connectivity index (χ1n) is 7.14. The molecule has 2 nitrogen and oxygen atoms in total. The third-order valence-corrected chi connectivity index (χ3v) is 3.83. The Morgan fingerprint density at radius 1 is 1.16 bits per heavy atom. The molecule has 1 unspecified atom stereocenters. The van der Waals surface area contributed by atoms with Crippen molar-refractivity contribution in [2.75, 3.05) is 0 Å². The maximum atomic E-state index is 10.1. The molecular formula is C16H27NOS. The molecule has 108 valence electrons. The molecule has 0 spiro atoms. The van der Waals surface area contributed by atoms with E-state index in [-0.39, 0.29) is 11.3 Å². The second kappa shape index (κ2) is 8.62. The van der Waals surface area contributed by atoms with Crippen molar-refractivity contribution in [3.8, 4) is 0 Å². The zero-order valence-corrected chi connectivity index (χ0v) is 12.9. The number of aliphatic hydroxyl groups excluding tert-OH is 1. The Hall–Kier alpha value is -0.510. The summed E-state index contributed by atoms with van der Waals surface area (Å²) in [5.41, 5.74) is 7.31. The first kappa shape index (κ1) is 16.5. The molecule has 0 fully saturated rings. The number of hydrogen-bond donors (Lipinski definition) is 3. The molecule has 0 aliphatic rings. The lowest BCUT2D eigenvalue weighted by Crippen LogP contribution is -2.37. The number of thiol groups is 1. The van der Waals surface area contributed by atoms with Crippen molar-refractivity contribution in [2.45, 2.75) is 56.9 Å². The summed E-state index contributed by atoms with van der Waals surface area (Å²) in [4.78, 5) is 0. The Bertz CT molecular complexity index is 342. The molecule has 1 aromatic rings. The average Bonchev–Trinajstić information content (AvgIpc) is 2.36. The van der Waals surface area contributed by atoms with Crippen LogP contribution >= 0.6 is 12.6 Å². The number of hydrogen-bond acceptors (Lipinski definition) is 3. The molecule has 3 atom stereocenters. The van der Waals surface area contributed by atoms with Gasteiger partial charge in [-0.25, -0.2) is 0 Å². The van der Waals surface area contributed by atoms with Crippen LogP contribution in [0.2, 0.25) is 0 Å². The van der Waals surface area contributed by atoms with E-state index in [9.17, 15) is 5.11 Å². The maximum absolute atomic E-state index is 10.1.